The van der Waals surface area contributed by atoms with E-state index in [9.17, 15) is 13.2 Å². The molecule has 3 rings (SSSR count). The lowest BCUT2D eigenvalue weighted by atomic mass is 10.0. The maximum atomic E-state index is 12.3. The molecule has 3 heterocycles. The van der Waals surface area contributed by atoms with Crippen LogP contribution in [0.25, 0.3) is 16.6 Å². The molecule has 2 aromatic rings. The highest BCUT2D eigenvalue weighted by atomic mass is 19.4. The molecule has 0 aromatic carbocycles. The van der Waals surface area contributed by atoms with Crippen LogP contribution in [0.2, 0.25) is 0 Å². The molecule has 156 valence electrons. The second-order valence-corrected chi connectivity index (χ2v) is 6.73. The van der Waals surface area contributed by atoms with Gasteiger partial charge in [0.2, 0.25) is 0 Å². The monoisotopic (exact) mass is 409 g/mol. The minimum absolute atomic E-state index is 0.0215. The third-order valence-electron chi connectivity index (χ3n) is 4.34. The summed E-state index contributed by atoms with van der Waals surface area (Å²) >= 11 is 0. The first kappa shape index (κ1) is 21.0. The molecule has 1 aliphatic rings. The Morgan fingerprint density at radius 2 is 2.21 bits per heavy atom. The minimum atomic E-state index is -4.37. The third kappa shape index (κ3) is 5.42. The van der Waals surface area contributed by atoms with Gasteiger partial charge >= 0.3 is 6.18 Å². The van der Waals surface area contributed by atoms with Crippen LogP contribution < -0.4 is 5.32 Å². The average Bonchev–Trinajstić information content (AvgIpc) is 3.07. The molecular weight excluding hydrogens is 387 g/mol. The number of hydrogen-bond donors (Lipinski definition) is 2. The smallest absolute Gasteiger partial charge is 0.395 e. The molecule has 0 aliphatic carbocycles. The van der Waals surface area contributed by atoms with Gasteiger partial charge in [-0.05, 0) is 6.07 Å². The molecule has 2 unspecified atom stereocenters. The van der Waals surface area contributed by atoms with Gasteiger partial charge in [0.1, 0.15) is 6.61 Å². The first-order valence-corrected chi connectivity index (χ1v) is 9.06. The van der Waals surface area contributed by atoms with Crippen LogP contribution in [0.15, 0.2) is 41.8 Å². The molecule has 0 spiro atoms. The number of aliphatic imine (C=N–C) groups is 1. The summed E-state index contributed by atoms with van der Waals surface area (Å²) in [6, 6.07) is 1.77. The molecule has 0 saturated carbocycles. The molecule has 29 heavy (non-hydrogen) atoms. The summed E-state index contributed by atoms with van der Waals surface area (Å²) in [5, 5.41) is 17.2. The van der Waals surface area contributed by atoms with E-state index >= 15 is 0 Å². The van der Waals surface area contributed by atoms with Crippen molar-refractivity contribution in [1.82, 2.24) is 20.1 Å². The minimum Gasteiger partial charge on any atom is -0.395 e. The molecule has 2 atom stereocenters. The van der Waals surface area contributed by atoms with Crippen LogP contribution in [0.5, 0.6) is 0 Å². The average molecular weight is 409 g/mol. The van der Waals surface area contributed by atoms with Gasteiger partial charge < -0.3 is 15.2 Å². The van der Waals surface area contributed by atoms with Crippen LogP contribution in [-0.4, -0.2) is 58.1 Å². The Hall–Kier alpha value is -2.72. The van der Waals surface area contributed by atoms with E-state index < -0.39 is 18.9 Å². The summed E-state index contributed by atoms with van der Waals surface area (Å²) in [6.07, 6.45) is 1.56. The molecule has 0 bridgehead atoms. The van der Waals surface area contributed by atoms with Crippen molar-refractivity contribution in [3.63, 3.8) is 0 Å². The molecule has 0 saturated heterocycles. The van der Waals surface area contributed by atoms with Crippen LogP contribution in [0.1, 0.15) is 12.6 Å². The molecule has 7 nitrogen and oxygen atoms in total. The number of pyridine rings is 1. The van der Waals surface area contributed by atoms with E-state index in [1.807, 2.05) is 6.20 Å². The zero-order valence-corrected chi connectivity index (χ0v) is 15.9. The van der Waals surface area contributed by atoms with E-state index in [0.29, 0.717) is 30.2 Å². The van der Waals surface area contributed by atoms with Crippen molar-refractivity contribution < 1.29 is 23.0 Å². The fraction of sp³-hybridized carbons (Fsp3) is 0.421. The highest BCUT2D eigenvalue weighted by Gasteiger charge is 2.30. The van der Waals surface area contributed by atoms with E-state index in [1.165, 1.54) is 6.21 Å². The zero-order chi connectivity index (χ0) is 21.0. The van der Waals surface area contributed by atoms with Gasteiger partial charge in [-0.2, -0.15) is 18.3 Å². The number of nitrogens with zero attached hydrogens (tertiary/aromatic N) is 4. The first-order valence-electron chi connectivity index (χ1n) is 9.06. The highest BCUT2D eigenvalue weighted by Crippen LogP contribution is 2.23. The summed E-state index contributed by atoms with van der Waals surface area (Å²) in [5.74, 6) is -0.241. The quantitative estimate of drug-likeness (QED) is 0.700. The number of alkyl halides is 3. The number of hydrogen-bond acceptors (Lipinski definition) is 6. The van der Waals surface area contributed by atoms with Crippen molar-refractivity contribution in [3.05, 3.63) is 42.5 Å². The number of allylic oxidation sites excluding steroid dienone is 1. The van der Waals surface area contributed by atoms with Gasteiger partial charge in [0.15, 0.2) is 0 Å². The van der Waals surface area contributed by atoms with Crippen molar-refractivity contribution in [2.75, 3.05) is 19.8 Å². The summed E-state index contributed by atoms with van der Waals surface area (Å²) in [6.45, 7) is 5.12. The number of halogens is 3. The van der Waals surface area contributed by atoms with Gasteiger partial charge in [0.25, 0.3) is 0 Å². The van der Waals surface area contributed by atoms with Crippen LogP contribution in [-0.2, 0) is 11.3 Å². The Labute approximate surface area is 165 Å². The fourth-order valence-electron chi connectivity index (χ4n) is 3.00. The maximum Gasteiger partial charge on any atom is 0.411 e. The van der Waals surface area contributed by atoms with E-state index in [4.69, 9.17) is 9.84 Å². The van der Waals surface area contributed by atoms with Gasteiger partial charge in [0.05, 0.1) is 41.9 Å². The molecular formula is C19H22F3N5O2. The lowest BCUT2D eigenvalue weighted by Gasteiger charge is -2.23. The lowest BCUT2D eigenvalue weighted by Crippen LogP contribution is -2.30. The van der Waals surface area contributed by atoms with Gasteiger partial charge in [-0.1, -0.05) is 19.6 Å². The van der Waals surface area contributed by atoms with Crippen molar-refractivity contribution in [1.29, 1.82) is 0 Å². The summed E-state index contributed by atoms with van der Waals surface area (Å²) in [7, 11) is 0. The summed E-state index contributed by atoms with van der Waals surface area (Å²) < 4.78 is 43.6. The van der Waals surface area contributed by atoms with Gasteiger partial charge in [0, 0.05) is 36.5 Å². The maximum absolute atomic E-state index is 12.3. The van der Waals surface area contributed by atoms with Crippen LogP contribution in [0.4, 0.5) is 13.2 Å². The largest absolute Gasteiger partial charge is 0.411 e. The Morgan fingerprint density at radius 3 is 2.90 bits per heavy atom. The second kappa shape index (κ2) is 8.75. The number of aromatic nitrogens is 3. The molecule has 1 aliphatic heterocycles. The van der Waals surface area contributed by atoms with Crippen LogP contribution in [0, 0.1) is 5.92 Å². The van der Waals surface area contributed by atoms with Crippen molar-refractivity contribution in [2.24, 2.45) is 10.9 Å². The predicted molar refractivity (Wildman–Crippen MR) is 103 cm³/mol. The zero-order valence-electron chi connectivity index (χ0n) is 15.9. The lowest BCUT2D eigenvalue weighted by molar-refractivity contribution is -0.180. The van der Waals surface area contributed by atoms with Gasteiger partial charge in [-0.3, -0.25) is 14.7 Å². The number of nitrogens with one attached hydrogen (secondary N) is 1. The molecule has 0 amide bonds. The normalized spacial score (nSPS) is 19.4. The van der Waals surface area contributed by atoms with E-state index in [1.54, 1.807) is 29.9 Å². The molecule has 0 radical (unpaired) electrons. The second-order valence-electron chi connectivity index (χ2n) is 6.73. The number of fused-ring (bicyclic) bond motifs is 1. The van der Waals surface area contributed by atoms with Crippen molar-refractivity contribution in [2.45, 2.75) is 25.7 Å². The SMILES string of the molecule is C=C(NCCO)c1nccc2nn(CC3=CC(C)C(OCC(F)(F)F)C=N3)cc12. The van der Waals surface area contributed by atoms with Crippen molar-refractivity contribution >= 4 is 22.8 Å². The Kier molecular flexibility index (Phi) is 6.33. The number of aliphatic hydroxyl groups excluding tert-OH is 1. The fourth-order valence-corrected chi connectivity index (χ4v) is 3.00. The van der Waals surface area contributed by atoms with Gasteiger partial charge in [-0.25, -0.2) is 0 Å². The van der Waals surface area contributed by atoms with Crippen LogP contribution >= 0.6 is 0 Å². The number of aliphatic hydroxyl groups is 1. The highest BCUT2D eigenvalue weighted by molar-refractivity contribution is 5.88. The van der Waals surface area contributed by atoms with E-state index in [0.717, 1.165) is 10.9 Å². The Bertz CT molecular complexity index is 936. The Balaban J connectivity index is 1.71. The summed E-state index contributed by atoms with van der Waals surface area (Å²) in [4.78, 5) is 8.57. The van der Waals surface area contributed by atoms with E-state index in [-0.39, 0.29) is 12.5 Å². The van der Waals surface area contributed by atoms with Crippen molar-refractivity contribution in [3.8, 4) is 0 Å². The van der Waals surface area contributed by atoms with Gasteiger partial charge in [-0.15, -0.1) is 0 Å². The predicted octanol–water partition coefficient (Wildman–Crippen LogP) is 2.54. The molecule has 2 aromatic heterocycles. The standard InChI is InChI=1S/C19H22F3N5O2/c1-12-7-14(25-8-17(12)29-11-19(20,21)22)9-27-10-15-16(26-27)3-4-24-18(15)13(2)23-5-6-28/h3-4,7-8,10,12,17,23,28H,2,5-6,9,11H2,1H3. The third-order valence-corrected chi connectivity index (χ3v) is 4.34. The van der Waals surface area contributed by atoms with Crippen LogP contribution in [0.3, 0.4) is 0 Å². The molecule has 0 fully saturated rings. The summed E-state index contributed by atoms with van der Waals surface area (Å²) in [5.41, 5.74) is 2.63. The number of ether oxygens (including phenoxy) is 1. The molecule has 10 heteroatoms. The molecule has 2 N–H and O–H groups in total. The Morgan fingerprint density at radius 1 is 1.41 bits per heavy atom. The van der Waals surface area contributed by atoms with E-state index in [2.05, 4.69) is 27.0 Å². The number of rotatable bonds is 8. The topological polar surface area (TPSA) is 84.6 Å². The first-order chi connectivity index (χ1) is 13.8.